The maximum absolute atomic E-state index is 12.2. The van der Waals surface area contributed by atoms with Crippen LogP contribution in [0, 0.1) is 0 Å². The fraction of sp³-hybridized carbons (Fsp3) is 0.312. The summed E-state index contributed by atoms with van der Waals surface area (Å²) in [4.78, 5) is 16.1. The Morgan fingerprint density at radius 1 is 1.17 bits per heavy atom. The first-order chi connectivity index (χ1) is 11.1. The van der Waals surface area contributed by atoms with E-state index in [1.807, 2.05) is 18.2 Å². The number of urea groups is 1. The molecule has 2 amide bonds. The van der Waals surface area contributed by atoms with Crippen LogP contribution in [-0.4, -0.2) is 37.1 Å². The summed E-state index contributed by atoms with van der Waals surface area (Å²) in [5.41, 5.74) is 0.951. The summed E-state index contributed by atoms with van der Waals surface area (Å²) in [7, 11) is 0. The molecule has 5 nitrogen and oxygen atoms in total. The second kappa shape index (κ2) is 7.15. The van der Waals surface area contributed by atoms with Crippen molar-refractivity contribution in [2.75, 3.05) is 31.1 Å². The third-order valence-electron chi connectivity index (χ3n) is 3.81. The van der Waals surface area contributed by atoms with Crippen molar-refractivity contribution < 1.29 is 9.21 Å². The standard InChI is InChI=1S/C16H17Cl2N3O2/c17-12-3-4-15(14(18)10-12)20-5-7-21(8-6-20)16(22)19-11-13-2-1-9-23-13/h1-4,9-10H,5-8,11H2,(H,19,22). The van der Waals surface area contributed by atoms with Gasteiger partial charge in [-0.1, -0.05) is 23.2 Å². The van der Waals surface area contributed by atoms with E-state index in [2.05, 4.69) is 10.2 Å². The molecule has 0 aliphatic carbocycles. The molecule has 2 heterocycles. The Morgan fingerprint density at radius 2 is 1.96 bits per heavy atom. The van der Waals surface area contributed by atoms with Crippen LogP contribution in [0.4, 0.5) is 10.5 Å². The predicted octanol–water partition coefficient (Wildman–Crippen LogP) is 3.62. The molecule has 0 atom stereocenters. The van der Waals surface area contributed by atoms with Gasteiger partial charge in [0, 0.05) is 31.2 Å². The van der Waals surface area contributed by atoms with Crippen LogP contribution in [0.15, 0.2) is 41.0 Å². The zero-order chi connectivity index (χ0) is 16.2. The number of amides is 2. The molecule has 1 aromatic carbocycles. The highest BCUT2D eigenvalue weighted by Gasteiger charge is 2.22. The lowest BCUT2D eigenvalue weighted by Crippen LogP contribution is -2.51. The van der Waals surface area contributed by atoms with E-state index < -0.39 is 0 Å². The number of carbonyl (C=O) groups excluding carboxylic acids is 1. The predicted molar refractivity (Wildman–Crippen MR) is 91.2 cm³/mol. The molecule has 2 aromatic rings. The summed E-state index contributed by atoms with van der Waals surface area (Å²) in [5.74, 6) is 0.741. The first kappa shape index (κ1) is 16.0. The van der Waals surface area contributed by atoms with Gasteiger partial charge >= 0.3 is 6.03 Å². The van der Waals surface area contributed by atoms with Gasteiger partial charge in [0.25, 0.3) is 0 Å². The van der Waals surface area contributed by atoms with Gasteiger partial charge in [-0.2, -0.15) is 0 Å². The van der Waals surface area contributed by atoms with E-state index in [0.29, 0.717) is 29.7 Å². The van der Waals surface area contributed by atoms with E-state index in [-0.39, 0.29) is 6.03 Å². The SMILES string of the molecule is O=C(NCc1ccco1)N1CCN(c2ccc(Cl)cc2Cl)CC1. The first-order valence-electron chi connectivity index (χ1n) is 7.38. The molecule has 122 valence electrons. The summed E-state index contributed by atoms with van der Waals surface area (Å²) in [6, 6.07) is 9.03. The number of halogens is 2. The van der Waals surface area contributed by atoms with Crippen LogP contribution in [0.2, 0.25) is 10.0 Å². The van der Waals surface area contributed by atoms with Crippen LogP contribution < -0.4 is 10.2 Å². The smallest absolute Gasteiger partial charge is 0.317 e. The molecule has 1 fully saturated rings. The number of carbonyl (C=O) groups is 1. The molecular weight excluding hydrogens is 337 g/mol. The van der Waals surface area contributed by atoms with Crippen LogP contribution >= 0.6 is 23.2 Å². The third-order valence-corrected chi connectivity index (χ3v) is 4.35. The molecule has 0 spiro atoms. The fourth-order valence-electron chi connectivity index (χ4n) is 2.58. The molecule has 1 saturated heterocycles. The van der Waals surface area contributed by atoms with Gasteiger partial charge in [0.2, 0.25) is 0 Å². The molecule has 1 aliphatic heterocycles. The summed E-state index contributed by atoms with van der Waals surface area (Å²) in [6.07, 6.45) is 1.59. The van der Waals surface area contributed by atoms with Crippen molar-refractivity contribution in [2.24, 2.45) is 0 Å². The van der Waals surface area contributed by atoms with Crippen LogP contribution in [0.3, 0.4) is 0 Å². The maximum Gasteiger partial charge on any atom is 0.317 e. The second-order valence-corrected chi connectivity index (χ2v) is 6.15. The number of furan rings is 1. The number of hydrogen-bond donors (Lipinski definition) is 1. The van der Waals surface area contributed by atoms with Crippen molar-refractivity contribution in [3.05, 3.63) is 52.4 Å². The number of nitrogens with zero attached hydrogens (tertiary/aromatic N) is 2. The van der Waals surface area contributed by atoms with Gasteiger partial charge in [-0.15, -0.1) is 0 Å². The summed E-state index contributed by atoms with van der Waals surface area (Å²) in [6.45, 7) is 3.14. The molecule has 0 bridgehead atoms. The number of nitrogens with one attached hydrogen (secondary N) is 1. The van der Waals surface area contributed by atoms with E-state index in [4.69, 9.17) is 27.6 Å². The number of hydrogen-bond acceptors (Lipinski definition) is 3. The van der Waals surface area contributed by atoms with Gasteiger partial charge in [-0.05, 0) is 30.3 Å². The quantitative estimate of drug-likeness (QED) is 0.916. The average molecular weight is 354 g/mol. The molecule has 0 unspecified atom stereocenters. The molecule has 1 aliphatic rings. The maximum atomic E-state index is 12.2. The lowest BCUT2D eigenvalue weighted by molar-refractivity contribution is 0.193. The normalized spacial score (nSPS) is 14.9. The van der Waals surface area contributed by atoms with Crippen molar-refractivity contribution in [1.82, 2.24) is 10.2 Å². The van der Waals surface area contributed by atoms with Crippen molar-refractivity contribution in [3.63, 3.8) is 0 Å². The van der Waals surface area contributed by atoms with Gasteiger partial charge < -0.3 is 19.5 Å². The van der Waals surface area contributed by atoms with Crippen molar-refractivity contribution in [3.8, 4) is 0 Å². The Kier molecular flexibility index (Phi) is 4.98. The Hall–Kier alpha value is -1.85. The first-order valence-corrected chi connectivity index (χ1v) is 8.14. The monoisotopic (exact) mass is 353 g/mol. The zero-order valence-corrected chi connectivity index (χ0v) is 14.0. The molecule has 7 heteroatoms. The molecular formula is C16H17Cl2N3O2. The van der Waals surface area contributed by atoms with Crippen molar-refractivity contribution in [2.45, 2.75) is 6.54 Å². The number of piperazine rings is 1. The summed E-state index contributed by atoms with van der Waals surface area (Å²) >= 11 is 12.2. The molecule has 0 radical (unpaired) electrons. The van der Waals surface area contributed by atoms with Gasteiger partial charge in [-0.25, -0.2) is 4.79 Å². The van der Waals surface area contributed by atoms with Gasteiger partial charge in [0.1, 0.15) is 5.76 Å². The molecule has 3 rings (SSSR count). The minimum Gasteiger partial charge on any atom is -0.467 e. The highest BCUT2D eigenvalue weighted by Crippen LogP contribution is 2.29. The van der Waals surface area contributed by atoms with Crippen LogP contribution in [0.25, 0.3) is 0 Å². The van der Waals surface area contributed by atoms with E-state index in [1.54, 1.807) is 23.3 Å². The van der Waals surface area contributed by atoms with Crippen LogP contribution in [0.5, 0.6) is 0 Å². The van der Waals surface area contributed by atoms with Crippen LogP contribution in [0.1, 0.15) is 5.76 Å². The van der Waals surface area contributed by atoms with E-state index in [9.17, 15) is 4.79 Å². The average Bonchev–Trinajstić information content (AvgIpc) is 3.06. The third kappa shape index (κ3) is 3.92. The molecule has 23 heavy (non-hydrogen) atoms. The lowest BCUT2D eigenvalue weighted by Gasteiger charge is -2.36. The minimum atomic E-state index is -0.0803. The van der Waals surface area contributed by atoms with Gasteiger partial charge in [0.15, 0.2) is 0 Å². The van der Waals surface area contributed by atoms with Crippen molar-refractivity contribution >= 4 is 34.9 Å². The highest BCUT2D eigenvalue weighted by atomic mass is 35.5. The summed E-state index contributed by atoms with van der Waals surface area (Å²) < 4.78 is 5.20. The minimum absolute atomic E-state index is 0.0803. The zero-order valence-electron chi connectivity index (χ0n) is 12.5. The topological polar surface area (TPSA) is 48.7 Å². The Balaban J connectivity index is 1.52. The number of rotatable bonds is 3. The summed E-state index contributed by atoms with van der Waals surface area (Å²) in [5, 5.41) is 4.11. The van der Waals surface area contributed by atoms with E-state index >= 15 is 0 Å². The van der Waals surface area contributed by atoms with Gasteiger partial charge in [-0.3, -0.25) is 0 Å². The number of anilines is 1. The Labute approximate surface area is 144 Å². The lowest BCUT2D eigenvalue weighted by atomic mass is 10.2. The fourth-order valence-corrected chi connectivity index (χ4v) is 3.10. The highest BCUT2D eigenvalue weighted by molar-refractivity contribution is 6.36. The van der Waals surface area contributed by atoms with Crippen LogP contribution in [-0.2, 0) is 6.54 Å². The number of benzene rings is 1. The van der Waals surface area contributed by atoms with E-state index in [1.165, 1.54) is 0 Å². The Morgan fingerprint density at radius 3 is 2.61 bits per heavy atom. The molecule has 0 saturated carbocycles. The molecule has 1 aromatic heterocycles. The van der Waals surface area contributed by atoms with Crippen molar-refractivity contribution in [1.29, 1.82) is 0 Å². The second-order valence-electron chi connectivity index (χ2n) is 5.31. The van der Waals surface area contributed by atoms with Gasteiger partial charge in [0.05, 0.1) is 23.5 Å². The van der Waals surface area contributed by atoms with E-state index in [0.717, 1.165) is 24.5 Å². The molecule has 1 N–H and O–H groups in total. The largest absolute Gasteiger partial charge is 0.467 e. The Bertz CT molecular complexity index is 668.